The minimum absolute atomic E-state index is 0.0662. The zero-order chi connectivity index (χ0) is 10.1. The van der Waals surface area contributed by atoms with E-state index in [9.17, 15) is 9.59 Å². The molecule has 74 valence electrons. The van der Waals surface area contributed by atoms with Gasteiger partial charge >= 0.3 is 5.97 Å². The first-order valence-corrected chi connectivity index (χ1v) is 4.57. The summed E-state index contributed by atoms with van der Waals surface area (Å²) in [6.45, 7) is 0.524. The van der Waals surface area contributed by atoms with Gasteiger partial charge < -0.3 is 9.67 Å². The molecule has 1 aromatic rings. The smallest absolute Gasteiger partial charge is 0.306 e. The van der Waals surface area contributed by atoms with Crippen LogP contribution in [0.5, 0.6) is 0 Å². The topological polar surface area (TPSA) is 59.3 Å². The van der Waals surface area contributed by atoms with Crippen molar-refractivity contribution in [2.24, 2.45) is 11.8 Å². The van der Waals surface area contributed by atoms with Gasteiger partial charge in [-0.05, 0) is 18.4 Å². The Kier molecular flexibility index (Phi) is 2.11. The standard InChI is InChI=1S/C10H11NO3/c12-9-3-1-2-4-11(9)6-7-5-8(7)10(13)14/h1-4,7-8H,5-6H2,(H,13,14)/t7-,8+/m0/s1. The molecule has 0 bridgehead atoms. The van der Waals surface area contributed by atoms with E-state index in [-0.39, 0.29) is 17.4 Å². The molecule has 1 N–H and O–H groups in total. The van der Waals surface area contributed by atoms with Crippen molar-refractivity contribution in [2.45, 2.75) is 13.0 Å². The molecule has 2 rings (SSSR count). The van der Waals surface area contributed by atoms with Crippen molar-refractivity contribution in [3.8, 4) is 0 Å². The Morgan fingerprint density at radius 3 is 2.93 bits per heavy atom. The number of aliphatic carboxylic acids is 1. The van der Waals surface area contributed by atoms with E-state index in [0.717, 1.165) is 0 Å². The van der Waals surface area contributed by atoms with E-state index in [4.69, 9.17) is 5.11 Å². The maximum absolute atomic E-state index is 11.3. The third-order valence-corrected chi connectivity index (χ3v) is 2.57. The summed E-state index contributed by atoms with van der Waals surface area (Å²) in [7, 11) is 0. The molecule has 2 atom stereocenters. The number of carbonyl (C=O) groups is 1. The molecule has 1 aliphatic rings. The van der Waals surface area contributed by atoms with E-state index < -0.39 is 5.97 Å². The second-order valence-electron chi connectivity index (χ2n) is 3.63. The molecule has 1 fully saturated rings. The fraction of sp³-hybridized carbons (Fsp3) is 0.400. The minimum atomic E-state index is -0.751. The van der Waals surface area contributed by atoms with Gasteiger partial charge in [-0.15, -0.1) is 0 Å². The first kappa shape index (κ1) is 8.99. The van der Waals surface area contributed by atoms with Crippen LogP contribution in [0.4, 0.5) is 0 Å². The van der Waals surface area contributed by atoms with Crippen LogP contribution in [0.25, 0.3) is 0 Å². The van der Waals surface area contributed by atoms with E-state index >= 15 is 0 Å². The lowest BCUT2D eigenvalue weighted by molar-refractivity contribution is -0.138. The van der Waals surface area contributed by atoms with Crippen LogP contribution in [0.2, 0.25) is 0 Å². The highest BCUT2D eigenvalue weighted by Gasteiger charge is 2.43. The number of hydrogen-bond acceptors (Lipinski definition) is 2. The zero-order valence-corrected chi connectivity index (χ0v) is 7.59. The van der Waals surface area contributed by atoms with Crippen molar-refractivity contribution in [3.63, 3.8) is 0 Å². The summed E-state index contributed by atoms with van der Waals surface area (Å²) < 4.78 is 1.56. The lowest BCUT2D eigenvalue weighted by atomic mass is 10.3. The Labute approximate surface area is 80.8 Å². The molecule has 0 spiro atoms. The Hall–Kier alpha value is -1.58. The number of nitrogens with zero attached hydrogens (tertiary/aromatic N) is 1. The van der Waals surface area contributed by atoms with Crippen LogP contribution in [0.1, 0.15) is 6.42 Å². The van der Waals surface area contributed by atoms with Crippen LogP contribution in [0, 0.1) is 11.8 Å². The van der Waals surface area contributed by atoms with Gasteiger partial charge in [0.15, 0.2) is 0 Å². The van der Waals surface area contributed by atoms with E-state index in [0.29, 0.717) is 13.0 Å². The fourth-order valence-electron chi connectivity index (χ4n) is 1.62. The summed E-state index contributed by atoms with van der Waals surface area (Å²) >= 11 is 0. The van der Waals surface area contributed by atoms with Crippen molar-refractivity contribution < 1.29 is 9.90 Å². The molecule has 1 aromatic heterocycles. The quantitative estimate of drug-likeness (QED) is 0.763. The summed E-state index contributed by atoms with van der Waals surface area (Å²) in [6.07, 6.45) is 2.39. The molecule has 0 aliphatic heterocycles. The maximum atomic E-state index is 11.3. The molecule has 1 heterocycles. The Morgan fingerprint density at radius 1 is 1.57 bits per heavy atom. The number of hydrogen-bond donors (Lipinski definition) is 1. The Morgan fingerprint density at radius 2 is 2.36 bits per heavy atom. The maximum Gasteiger partial charge on any atom is 0.306 e. The van der Waals surface area contributed by atoms with E-state index in [2.05, 4.69) is 0 Å². The highest BCUT2D eigenvalue weighted by molar-refractivity contribution is 5.73. The van der Waals surface area contributed by atoms with Gasteiger partial charge in [0.05, 0.1) is 5.92 Å². The molecule has 4 heteroatoms. The molecular weight excluding hydrogens is 182 g/mol. The van der Waals surface area contributed by atoms with Crippen molar-refractivity contribution in [2.75, 3.05) is 0 Å². The molecule has 0 radical (unpaired) electrons. The van der Waals surface area contributed by atoms with Crippen LogP contribution in [-0.2, 0) is 11.3 Å². The first-order chi connectivity index (χ1) is 6.68. The van der Waals surface area contributed by atoms with Crippen molar-refractivity contribution in [1.29, 1.82) is 0 Å². The van der Waals surface area contributed by atoms with Crippen molar-refractivity contribution >= 4 is 5.97 Å². The van der Waals surface area contributed by atoms with Crippen LogP contribution >= 0.6 is 0 Å². The Bertz CT molecular complexity index is 410. The lowest BCUT2D eigenvalue weighted by Gasteiger charge is -2.02. The molecule has 0 aromatic carbocycles. The van der Waals surface area contributed by atoms with Crippen molar-refractivity contribution in [1.82, 2.24) is 4.57 Å². The van der Waals surface area contributed by atoms with Gasteiger partial charge in [-0.2, -0.15) is 0 Å². The summed E-state index contributed by atoms with van der Waals surface area (Å²) in [6, 6.07) is 4.94. The zero-order valence-electron chi connectivity index (χ0n) is 7.59. The largest absolute Gasteiger partial charge is 0.481 e. The predicted octanol–water partition coefficient (Wildman–Crippen LogP) is 0.569. The fourth-order valence-corrected chi connectivity index (χ4v) is 1.62. The highest BCUT2D eigenvalue weighted by atomic mass is 16.4. The number of carboxylic acids is 1. The monoisotopic (exact) mass is 193 g/mol. The normalized spacial score (nSPS) is 24.6. The van der Waals surface area contributed by atoms with Gasteiger partial charge in [0.1, 0.15) is 0 Å². The van der Waals surface area contributed by atoms with Crippen LogP contribution in [0.15, 0.2) is 29.2 Å². The first-order valence-electron chi connectivity index (χ1n) is 4.57. The summed E-state index contributed by atoms with van der Waals surface area (Å²) in [5.41, 5.74) is -0.0662. The van der Waals surface area contributed by atoms with Gasteiger partial charge in [0, 0.05) is 18.8 Å². The highest BCUT2D eigenvalue weighted by Crippen LogP contribution is 2.39. The van der Waals surface area contributed by atoms with Crippen LogP contribution in [-0.4, -0.2) is 15.6 Å². The minimum Gasteiger partial charge on any atom is -0.481 e. The number of carboxylic acid groups (broad SMARTS) is 1. The molecule has 0 amide bonds. The van der Waals surface area contributed by atoms with Crippen LogP contribution in [0.3, 0.4) is 0 Å². The number of aromatic nitrogens is 1. The molecule has 0 unspecified atom stereocenters. The SMILES string of the molecule is O=C(O)[C@@H]1C[C@H]1Cn1ccccc1=O. The third kappa shape index (κ3) is 1.69. The van der Waals surface area contributed by atoms with Crippen molar-refractivity contribution in [3.05, 3.63) is 34.7 Å². The second-order valence-corrected chi connectivity index (χ2v) is 3.63. The molecule has 14 heavy (non-hydrogen) atoms. The number of rotatable bonds is 3. The van der Waals surface area contributed by atoms with E-state index in [1.54, 1.807) is 22.9 Å². The van der Waals surface area contributed by atoms with Gasteiger partial charge in [-0.25, -0.2) is 0 Å². The average Bonchev–Trinajstić information content (AvgIpc) is 2.88. The molecule has 1 aliphatic carbocycles. The van der Waals surface area contributed by atoms with Gasteiger partial charge in [-0.1, -0.05) is 6.07 Å². The molecule has 4 nitrogen and oxygen atoms in total. The van der Waals surface area contributed by atoms with Crippen LogP contribution < -0.4 is 5.56 Å². The number of pyridine rings is 1. The summed E-state index contributed by atoms with van der Waals surface area (Å²) in [5.74, 6) is -0.867. The third-order valence-electron chi connectivity index (χ3n) is 2.57. The molecule has 1 saturated carbocycles. The lowest BCUT2D eigenvalue weighted by Crippen LogP contribution is -2.19. The molecule has 0 saturated heterocycles. The molecular formula is C10H11NO3. The van der Waals surface area contributed by atoms with Gasteiger partial charge in [0.25, 0.3) is 5.56 Å². The average molecular weight is 193 g/mol. The van der Waals surface area contributed by atoms with Gasteiger partial charge in [0.2, 0.25) is 0 Å². The summed E-state index contributed by atoms with van der Waals surface area (Å²) in [4.78, 5) is 21.8. The van der Waals surface area contributed by atoms with E-state index in [1.165, 1.54) is 6.07 Å². The second kappa shape index (κ2) is 3.29. The Balaban J connectivity index is 2.04. The predicted molar refractivity (Wildman–Crippen MR) is 49.9 cm³/mol. The summed E-state index contributed by atoms with van der Waals surface area (Å²) in [5, 5.41) is 8.68. The van der Waals surface area contributed by atoms with E-state index in [1.807, 2.05) is 0 Å². The van der Waals surface area contributed by atoms with Gasteiger partial charge in [-0.3, -0.25) is 9.59 Å².